The van der Waals surface area contributed by atoms with Crippen LogP contribution < -0.4 is 5.32 Å². The Morgan fingerprint density at radius 3 is 2.87 bits per heavy atom. The number of hydrogen-bond acceptors (Lipinski definition) is 3. The largest absolute Gasteiger partial charge is 0.309 e. The van der Waals surface area contributed by atoms with E-state index in [1.54, 1.807) is 0 Å². The van der Waals surface area contributed by atoms with Gasteiger partial charge in [0.1, 0.15) is 0 Å². The van der Waals surface area contributed by atoms with Crippen LogP contribution >= 0.6 is 23.1 Å². The number of rotatable bonds is 7. The zero-order valence-electron chi connectivity index (χ0n) is 9.88. The molecule has 0 spiro atoms. The molecule has 0 aliphatic heterocycles. The van der Waals surface area contributed by atoms with Crippen molar-refractivity contribution in [3.8, 4) is 0 Å². The van der Waals surface area contributed by atoms with Crippen molar-refractivity contribution in [2.75, 3.05) is 18.6 Å². The first-order chi connectivity index (χ1) is 7.27. The molecule has 86 valence electrons. The van der Waals surface area contributed by atoms with Crippen LogP contribution in [0.3, 0.4) is 0 Å². The molecule has 0 amide bonds. The lowest BCUT2D eigenvalue weighted by Gasteiger charge is -2.11. The Bertz CT molecular complexity index is 270. The topological polar surface area (TPSA) is 12.0 Å². The Morgan fingerprint density at radius 2 is 2.27 bits per heavy atom. The van der Waals surface area contributed by atoms with E-state index in [1.807, 2.05) is 23.1 Å². The zero-order chi connectivity index (χ0) is 11.1. The van der Waals surface area contributed by atoms with E-state index in [-0.39, 0.29) is 0 Å². The second kappa shape index (κ2) is 7.31. The first kappa shape index (κ1) is 13.1. The Hall–Kier alpha value is 0.01000. The van der Waals surface area contributed by atoms with E-state index < -0.39 is 0 Å². The van der Waals surface area contributed by atoms with E-state index in [0.717, 1.165) is 13.0 Å². The molecule has 1 aromatic heterocycles. The minimum absolute atomic E-state index is 0.511. The minimum Gasteiger partial charge on any atom is -0.309 e. The minimum atomic E-state index is 0.511. The molecule has 1 nitrogen and oxygen atoms in total. The third kappa shape index (κ3) is 4.58. The second-order valence-electron chi connectivity index (χ2n) is 3.68. The van der Waals surface area contributed by atoms with Crippen molar-refractivity contribution < 1.29 is 0 Å². The molecule has 0 aromatic carbocycles. The molecular formula is C12H21NS2. The van der Waals surface area contributed by atoms with E-state index in [9.17, 15) is 0 Å². The lowest BCUT2D eigenvalue weighted by atomic mass is 10.2. The maximum absolute atomic E-state index is 3.57. The summed E-state index contributed by atoms with van der Waals surface area (Å²) in [4.78, 5) is 2.96. The summed E-state index contributed by atoms with van der Waals surface area (Å²) in [7, 11) is 0. The number of hydrogen-bond donors (Lipinski definition) is 1. The second-order valence-corrected chi connectivity index (χ2v) is 5.87. The van der Waals surface area contributed by atoms with Crippen molar-refractivity contribution >= 4 is 23.1 Å². The van der Waals surface area contributed by atoms with Crippen molar-refractivity contribution in [2.45, 2.75) is 32.7 Å². The summed E-state index contributed by atoms with van der Waals surface area (Å²) in [6, 6.07) is 5.02. The number of aryl methyl sites for hydroxylation is 1. The average molecular weight is 243 g/mol. The molecule has 1 aromatic rings. The van der Waals surface area contributed by atoms with Gasteiger partial charge in [-0.25, -0.2) is 0 Å². The zero-order valence-corrected chi connectivity index (χ0v) is 11.5. The summed E-state index contributed by atoms with van der Waals surface area (Å²) < 4.78 is 0. The summed E-state index contributed by atoms with van der Waals surface area (Å²) >= 11 is 3.86. The van der Waals surface area contributed by atoms with E-state index in [2.05, 4.69) is 37.6 Å². The summed E-state index contributed by atoms with van der Waals surface area (Å²) in [5.74, 6) is 1.25. The number of nitrogens with one attached hydrogen (secondary N) is 1. The van der Waals surface area contributed by atoms with Crippen LogP contribution in [0.2, 0.25) is 0 Å². The Morgan fingerprint density at radius 1 is 1.47 bits per heavy atom. The summed E-state index contributed by atoms with van der Waals surface area (Å²) in [6.45, 7) is 5.60. The number of thioether (sulfide) groups is 1. The van der Waals surface area contributed by atoms with E-state index in [1.165, 1.54) is 21.9 Å². The van der Waals surface area contributed by atoms with E-state index in [4.69, 9.17) is 0 Å². The highest BCUT2D eigenvalue weighted by Gasteiger charge is 2.06. The molecule has 1 N–H and O–H groups in total. The SMILES string of the molecule is CCc1ccc(C(C)NCCCSC)s1. The van der Waals surface area contributed by atoms with E-state index >= 15 is 0 Å². The third-order valence-electron chi connectivity index (χ3n) is 2.43. The molecule has 0 saturated heterocycles. The summed E-state index contributed by atoms with van der Waals surface area (Å²) in [5, 5.41) is 3.57. The molecule has 0 radical (unpaired) electrons. The van der Waals surface area contributed by atoms with Gasteiger partial charge in [-0.2, -0.15) is 11.8 Å². The molecule has 1 heterocycles. The van der Waals surface area contributed by atoms with Crippen LogP contribution in [0.25, 0.3) is 0 Å². The van der Waals surface area contributed by atoms with Gasteiger partial charge in [0.2, 0.25) is 0 Å². The maximum Gasteiger partial charge on any atom is 0.0386 e. The van der Waals surface area contributed by atoms with Gasteiger partial charge in [-0.15, -0.1) is 11.3 Å². The van der Waals surface area contributed by atoms with Gasteiger partial charge >= 0.3 is 0 Å². The predicted octanol–water partition coefficient (Wildman–Crippen LogP) is 3.71. The molecule has 0 saturated carbocycles. The molecule has 0 bridgehead atoms. The Kier molecular flexibility index (Phi) is 6.37. The first-order valence-corrected chi connectivity index (χ1v) is 7.80. The van der Waals surface area contributed by atoms with Gasteiger partial charge < -0.3 is 5.32 Å². The van der Waals surface area contributed by atoms with Crippen LogP contribution in [0.1, 0.15) is 36.1 Å². The van der Waals surface area contributed by atoms with Crippen LogP contribution in [0.5, 0.6) is 0 Å². The van der Waals surface area contributed by atoms with Gasteiger partial charge in [0.25, 0.3) is 0 Å². The smallest absolute Gasteiger partial charge is 0.0386 e. The van der Waals surface area contributed by atoms with E-state index in [0.29, 0.717) is 6.04 Å². The highest BCUT2D eigenvalue weighted by Crippen LogP contribution is 2.23. The molecule has 0 fully saturated rings. The van der Waals surface area contributed by atoms with Crippen LogP contribution in [0.15, 0.2) is 12.1 Å². The molecule has 0 aliphatic rings. The number of thiophene rings is 1. The fourth-order valence-electron chi connectivity index (χ4n) is 1.45. The van der Waals surface area contributed by atoms with Gasteiger partial charge in [0, 0.05) is 15.8 Å². The van der Waals surface area contributed by atoms with Gasteiger partial charge in [-0.3, -0.25) is 0 Å². The third-order valence-corrected chi connectivity index (χ3v) is 4.54. The highest BCUT2D eigenvalue weighted by atomic mass is 32.2. The van der Waals surface area contributed by atoms with Crippen molar-refractivity contribution in [2.24, 2.45) is 0 Å². The van der Waals surface area contributed by atoms with Crippen molar-refractivity contribution in [3.63, 3.8) is 0 Å². The van der Waals surface area contributed by atoms with Gasteiger partial charge in [0.05, 0.1) is 0 Å². The normalized spacial score (nSPS) is 13.0. The Labute approximate surface area is 102 Å². The van der Waals surface area contributed by atoms with Crippen LogP contribution in [-0.4, -0.2) is 18.6 Å². The van der Waals surface area contributed by atoms with Gasteiger partial charge in [-0.05, 0) is 50.5 Å². The van der Waals surface area contributed by atoms with Crippen LogP contribution in [0, 0.1) is 0 Å². The van der Waals surface area contributed by atoms with Gasteiger partial charge in [-0.1, -0.05) is 6.92 Å². The predicted molar refractivity (Wildman–Crippen MR) is 73.1 cm³/mol. The fourth-order valence-corrected chi connectivity index (χ4v) is 2.87. The van der Waals surface area contributed by atoms with Gasteiger partial charge in [0.15, 0.2) is 0 Å². The summed E-state index contributed by atoms with van der Waals surface area (Å²) in [6.07, 6.45) is 4.58. The monoisotopic (exact) mass is 243 g/mol. The lowest BCUT2D eigenvalue weighted by molar-refractivity contribution is 0.580. The highest BCUT2D eigenvalue weighted by molar-refractivity contribution is 7.98. The summed E-state index contributed by atoms with van der Waals surface area (Å²) in [5.41, 5.74) is 0. The molecule has 1 rings (SSSR count). The van der Waals surface area contributed by atoms with Crippen molar-refractivity contribution in [3.05, 3.63) is 21.9 Å². The van der Waals surface area contributed by atoms with Crippen molar-refractivity contribution in [1.82, 2.24) is 5.32 Å². The maximum atomic E-state index is 3.57. The quantitative estimate of drug-likeness (QED) is 0.733. The van der Waals surface area contributed by atoms with Crippen LogP contribution in [-0.2, 0) is 6.42 Å². The molecule has 0 aliphatic carbocycles. The standard InChI is InChI=1S/C12H21NS2/c1-4-11-6-7-12(15-11)10(2)13-8-5-9-14-3/h6-7,10,13H,4-5,8-9H2,1-3H3. The lowest BCUT2D eigenvalue weighted by Crippen LogP contribution is -2.19. The molecule has 15 heavy (non-hydrogen) atoms. The molecule has 1 atom stereocenters. The van der Waals surface area contributed by atoms with Crippen molar-refractivity contribution in [1.29, 1.82) is 0 Å². The first-order valence-electron chi connectivity index (χ1n) is 5.58. The molecule has 1 unspecified atom stereocenters. The molecule has 3 heteroatoms. The van der Waals surface area contributed by atoms with Crippen LogP contribution in [0.4, 0.5) is 0 Å². The molecular weight excluding hydrogens is 222 g/mol. The fraction of sp³-hybridized carbons (Fsp3) is 0.667. The Balaban J connectivity index is 2.29. The average Bonchev–Trinajstić information content (AvgIpc) is 2.72.